The fourth-order valence-electron chi connectivity index (χ4n) is 1.23. The third-order valence-electron chi connectivity index (χ3n) is 1.98. The summed E-state index contributed by atoms with van der Waals surface area (Å²) in [5.74, 6) is -2.03. The van der Waals surface area contributed by atoms with E-state index in [1.807, 2.05) is 0 Å². The number of hydrogen-bond acceptors (Lipinski definition) is 2. The molecule has 1 rings (SSSR count). The van der Waals surface area contributed by atoms with Crippen LogP contribution in [0.2, 0.25) is 0 Å². The maximum atomic E-state index is 13.2. The van der Waals surface area contributed by atoms with E-state index in [4.69, 9.17) is 4.74 Å². The van der Waals surface area contributed by atoms with Crippen molar-refractivity contribution in [2.45, 2.75) is 20.0 Å². The Bertz CT molecular complexity index is 364. The van der Waals surface area contributed by atoms with Crippen molar-refractivity contribution in [1.82, 2.24) is 0 Å². The monoisotopic (exact) mass is 214 g/mol. The summed E-state index contributed by atoms with van der Waals surface area (Å²) in [6, 6.07) is 2.86. The lowest BCUT2D eigenvalue weighted by atomic mass is 10.1. The number of carbonyl (C=O) groups excluding carboxylic acids is 1. The van der Waals surface area contributed by atoms with Crippen LogP contribution in [-0.2, 0) is 4.74 Å². The van der Waals surface area contributed by atoms with Crippen molar-refractivity contribution in [2.75, 3.05) is 6.61 Å². The number of carbonyl (C=O) groups is 1. The zero-order chi connectivity index (χ0) is 11.4. The van der Waals surface area contributed by atoms with Gasteiger partial charge in [0, 0.05) is 12.7 Å². The van der Waals surface area contributed by atoms with Gasteiger partial charge in [0.2, 0.25) is 0 Å². The third-order valence-corrected chi connectivity index (χ3v) is 1.98. The van der Waals surface area contributed by atoms with Gasteiger partial charge in [-0.1, -0.05) is 0 Å². The van der Waals surface area contributed by atoms with Gasteiger partial charge in [-0.2, -0.15) is 0 Å². The predicted octanol–water partition coefficient (Wildman–Crippen LogP) is 2.57. The molecule has 0 saturated heterocycles. The Balaban J connectivity index is 2.91. The SMILES string of the molecule is CCOC(C)C(=O)c1ccc(F)cc1F. The standard InChI is InChI=1S/C11H12F2O2/c1-3-15-7(2)11(14)9-5-4-8(12)6-10(9)13/h4-7H,3H2,1-2H3. The normalized spacial score (nSPS) is 12.5. The lowest BCUT2D eigenvalue weighted by Crippen LogP contribution is -2.21. The number of ketones is 1. The molecular formula is C11H12F2O2. The summed E-state index contributed by atoms with van der Waals surface area (Å²) in [7, 11) is 0. The zero-order valence-corrected chi connectivity index (χ0v) is 8.59. The maximum absolute atomic E-state index is 13.2. The minimum Gasteiger partial charge on any atom is -0.371 e. The summed E-state index contributed by atoms with van der Waals surface area (Å²) in [6.07, 6.45) is -0.713. The largest absolute Gasteiger partial charge is 0.371 e. The molecule has 0 aliphatic carbocycles. The van der Waals surface area contributed by atoms with Gasteiger partial charge in [-0.05, 0) is 26.0 Å². The highest BCUT2D eigenvalue weighted by Crippen LogP contribution is 2.13. The lowest BCUT2D eigenvalue weighted by Gasteiger charge is -2.10. The Labute approximate surface area is 86.9 Å². The van der Waals surface area contributed by atoms with Gasteiger partial charge in [0.15, 0.2) is 5.78 Å². The van der Waals surface area contributed by atoms with Crippen LogP contribution in [0.4, 0.5) is 8.78 Å². The number of rotatable bonds is 4. The molecule has 0 aliphatic heterocycles. The van der Waals surface area contributed by atoms with Crippen molar-refractivity contribution in [3.63, 3.8) is 0 Å². The molecule has 2 nitrogen and oxygen atoms in total. The minimum atomic E-state index is -0.855. The first kappa shape index (κ1) is 11.8. The molecule has 15 heavy (non-hydrogen) atoms. The highest BCUT2D eigenvalue weighted by Gasteiger charge is 2.18. The number of benzene rings is 1. The molecule has 1 atom stereocenters. The van der Waals surface area contributed by atoms with Crippen LogP contribution in [0.25, 0.3) is 0 Å². The van der Waals surface area contributed by atoms with Crippen LogP contribution in [0.3, 0.4) is 0 Å². The van der Waals surface area contributed by atoms with E-state index in [0.717, 1.165) is 12.1 Å². The smallest absolute Gasteiger partial charge is 0.194 e. The Morgan fingerprint density at radius 3 is 2.67 bits per heavy atom. The molecule has 1 aromatic rings. The van der Waals surface area contributed by atoms with E-state index in [1.165, 1.54) is 6.92 Å². The molecule has 0 fully saturated rings. The fourth-order valence-corrected chi connectivity index (χ4v) is 1.23. The second kappa shape index (κ2) is 4.98. The van der Waals surface area contributed by atoms with Crippen molar-refractivity contribution in [3.8, 4) is 0 Å². The summed E-state index contributed by atoms with van der Waals surface area (Å²) in [6.45, 7) is 3.65. The number of halogens is 2. The molecule has 0 N–H and O–H groups in total. The number of Topliss-reactive ketones (excluding diaryl/α,β-unsaturated/α-hetero) is 1. The lowest BCUT2D eigenvalue weighted by molar-refractivity contribution is 0.0517. The van der Waals surface area contributed by atoms with Crippen molar-refractivity contribution in [3.05, 3.63) is 35.4 Å². The van der Waals surface area contributed by atoms with Gasteiger partial charge in [0.1, 0.15) is 17.7 Å². The van der Waals surface area contributed by atoms with E-state index in [-0.39, 0.29) is 5.56 Å². The van der Waals surface area contributed by atoms with Crippen LogP contribution in [0.1, 0.15) is 24.2 Å². The summed E-state index contributed by atoms with van der Waals surface area (Å²) >= 11 is 0. The minimum absolute atomic E-state index is 0.141. The third kappa shape index (κ3) is 2.83. The quantitative estimate of drug-likeness (QED) is 0.720. The first-order valence-electron chi connectivity index (χ1n) is 4.67. The average molecular weight is 214 g/mol. The van der Waals surface area contributed by atoms with Crippen molar-refractivity contribution >= 4 is 5.78 Å². The Morgan fingerprint density at radius 2 is 2.13 bits per heavy atom. The number of ether oxygens (including phenoxy) is 1. The summed E-state index contributed by atoms with van der Waals surface area (Å²) < 4.78 is 30.8. The average Bonchev–Trinajstić information content (AvgIpc) is 2.17. The van der Waals surface area contributed by atoms with Crippen molar-refractivity contribution in [2.24, 2.45) is 0 Å². The van der Waals surface area contributed by atoms with Gasteiger partial charge in [-0.3, -0.25) is 4.79 Å². The summed E-state index contributed by atoms with van der Waals surface area (Å²) in [5.41, 5.74) is -0.141. The number of hydrogen-bond donors (Lipinski definition) is 0. The molecule has 0 aliphatic rings. The highest BCUT2D eigenvalue weighted by atomic mass is 19.1. The van der Waals surface area contributed by atoms with Gasteiger partial charge in [0.05, 0.1) is 5.56 Å². The van der Waals surface area contributed by atoms with E-state index in [9.17, 15) is 13.6 Å². The molecule has 0 aromatic heterocycles. The zero-order valence-electron chi connectivity index (χ0n) is 8.59. The molecule has 0 bridgehead atoms. The molecule has 0 amide bonds. The maximum Gasteiger partial charge on any atom is 0.194 e. The van der Waals surface area contributed by atoms with Crippen LogP contribution in [0.5, 0.6) is 0 Å². The molecule has 0 radical (unpaired) electrons. The molecule has 1 unspecified atom stereocenters. The predicted molar refractivity (Wildman–Crippen MR) is 51.8 cm³/mol. The molecule has 0 saturated carbocycles. The van der Waals surface area contributed by atoms with Crippen LogP contribution in [0.15, 0.2) is 18.2 Å². The molecular weight excluding hydrogens is 202 g/mol. The van der Waals surface area contributed by atoms with E-state index < -0.39 is 23.5 Å². The molecule has 0 heterocycles. The van der Waals surface area contributed by atoms with Crippen molar-refractivity contribution in [1.29, 1.82) is 0 Å². The fraction of sp³-hybridized carbons (Fsp3) is 0.364. The molecule has 1 aromatic carbocycles. The second-order valence-corrected chi connectivity index (χ2v) is 3.09. The van der Waals surface area contributed by atoms with Crippen LogP contribution >= 0.6 is 0 Å². The van der Waals surface area contributed by atoms with E-state index >= 15 is 0 Å². The molecule has 82 valence electrons. The van der Waals surface area contributed by atoms with E-state index in [1.54, 1.807) is 6.92 Å². The van der Waals surface area contributed by atoms with Crippen LogP contribution < -0.4 is 0 Å². The van der Waals surface area contributed by atoms with Gasteiger partial charge < -0.3 is 4.74 Å². The van der Waals surface area contributed by atoms with Crippen molar-refractivity contribution < 1.29 is 18.3 Å². The summed E-state index contributed by atoms with van der Waals surface area (Å²) in [5, 5.41) is 0. The Hall–Kier alpha value is -1.29. The molecule has 0 spiro atoms. The van der Waals surface area contributed by atoms with E-state index in [0.29, 0.717) is 12.7 Å². The van der Waals surface area contributed by atoms with E-state index in [2.05, 4.69) is 0 Å². The highest BCUT2D eigenvalue weighted by molar-refractivity contribution is 5.99. The van der Waals surface area contributed by atoms with Gasteiger partial charge in [0.25, 0.3) is 0 Å². The van der Waals surface area contributed by atoms with Gasteiger partial charge in [-0.15, -0.1) is 0 Å². The van der Waals surface area contributed by atoms with Gasteiger partial charge >= 0.3 is 0 Å². The second-order valence-electron chi connectivity index (χ2n) is 3.09. The molecule has 4 heteroatoms. The summed E-state index contributed by atoms with van der Waals surface area (Å²) in [4.78, 5) is 11.6. The topological polar surface area (TPSA) is 26.3 Å². The van der Waals surface area contributed by atoms with Gasteiger partial charge in [-0.25, -0.2) is 8.78 Å². The first-order chi connectivity index (χ1) is 7.06. The Morgan fingerprint density at radius 1 is 1.47 bits per heavy atom. The Kier molecular flexibility index (Phi) is 3.91. The van der Waals surface area contributed by atoms with Crippen LogP contribution in [0, 0.1) is 11.6 Å². The van der Waals surface area contributed by atoms with Crippen LogP contribution in [-0.4, -0.2) is 18.5 Å². The first-order valence-corrected chi connectivity index (χ1v) is 4.67.